The molecule has 1 aliphatic rings. The molecule has 0 aromatic heterocycles. The third-order valence-electron chi connectivity index (χ3n) is 2.96. The van der Waals surface area contributed by atoms with Crippen molar-refractivity contribution in [3.05, 3.63) is 33.8 Å². The molecule has 0 saturated heterocycles. The molecule has 0 bridgehead atoms. The minimum absolute atomic E-state index is 0. The number of aliphatic imine (C=N–C) groups is 1. The van der Waals surface area contributed by atoms with Crippen molar-refractivity contribution in [1.29, 1.82) is 0 Å². The van der Waals surface area contributed by atoms with E-state index in [2.05, 4.69) is 10.3 Å². The van der Waals surface area contributed by atoms with Gasteiger partial charge in [-0.15, -0.1) is 12.4 Å². The van der Waals surface area contributed by atoms with Crippen LogP contribution in [0.4, 0.5) is 0 Å². The van der Waals surface area contributed by atoms with E-state index in [4.69, 9.17) is 23.2 Å². The van der Waals surface area contributed by atoms with Gasteiger partial charge in [-0.2, -0.15) is 0 Å². The number of nitrogens with one attached hydrogen (secondary N) is 1. The van der Waals surface area contributed by atoms with Gasteiger partial charge in [0.05, 0.1) is 16.1 Å². The number of nitrogens with zero attached hydrogens (tertiary/aromatic N) is 1. The van der Waals surface area contributed by atoms with E-state index in [0.29, 0.717) is 21.4 Å². The molecule has 2 N–H and O–H groups in total. The van der Waals surface area contributed by atoms with Crippen molar-refractivity contribution in [1.82, 2.24) is 5.32 Å². The van der Waals surface area contributed by atoms with Gasteiger partial charge in [0.1, 0.15) is 11.9 Å². The highest BCUT2D eigenvalue weighted by molar-refractivity contribution is 6.42. The summed E-state index contributed by atoms with van der Waals surface area (Å²) in [6, 6.07) is 5.48. The van der Waals surface area contributed by atoms with Crippen LogP contribution in [0.3, 0.4) is 0 Å². The van der Waals surface area contributed by atoms with Gasteiger partial charge in [0.15, 0.2) is 0 Å². The zero-order valence-electron chi connectivity index (χ0n) is 10.0. The van der Waals surface area contributed by atoms with Crippen molar-refractivity contribution in [2.45, 2.75) is 32.0 Å². The number of benzene rings is 1. The second kappa shape index (κ2) is 6.11. The zero-order chi connectivity index (χ0) is 12.6. The Labute approximate surface area is 123 Å². The van der Waals surface area contributed by atoms with Gasteiger partial charge in [-0.3, -0.25) is 4.99 Å². The van der Waals surface area contributed by atoms with Crippen molar-refractivity contribution in [2.75, 3.05) is 0 Å². The maximum atomic E-state index is 10.2. The molecule has 0 saturated carbocycles. The quantitative estimate of drug-likeness (QED) is 0.881. The summed E-state index contributed by atoms with van der Waals surface area (Å²) in [7, 11) is 0. The van der Waals surface area contributed by atoms with E-state index in [1.165, 1.54) is 0 Å². The third-order valence-corrected chi connectivity index (χ3v) is 3.70. The number of rotatable bonds is 2. The highest BCUT2D eigenvalue weighted by Crippen LogP contribution is 2.27. The average Bonchev–Trinajstić information content (AvgIpc) is 2.62. The summed E-state index contributed by atoms with van der Waals surface area (Å²) in [5.74, 6) is 0.586. The molecule has 1 aromatic carbocycles. The summed E-state index contributed by atoms with van der Waals surface area (Å²) in [6.07, 6.45) is -0.780. The van der Waals surface area contributed by atoms with Gasteiger partial charge in [-0.05, 0) is 31.5 Å². The van der Waals surface area contributed by atoms with Crippen LogP contribution in [0.5, 0.6) is 0 Å². The molecule has 3 nitrogen and oxygen atoms in total. The minimum atomic E-state index is -0.780. The van der Waals surface area contributed by atoms with E-state index < -0.39 is 6.10 Å². The minimum Gasteiger partial charge on any atom is -0.380 e. The zero-order valence-corrected chi connectivity index (χ0v) is 12.4. The molecule has 1 aliphatic heterocycles. The second-order valence-electron chi connectivity index (χ2n) is 4.26. The lowest BCUT2D eigenvalue weighted by atomic mass is 10.1. The second-order valence-corrected chi connectivity index (χ2v) is 5.08. The molecule has 100 valence electrons. The normalized spacial score (nSPS) is 23.9. The number of hydrogen-bond donors (Lipinski definition) is 2. The average molecular weight is 310 g/mol. The first-order valence-corrected chi connectivity index (χ1v) is 6.22. The first-order valence-electron chi connectivity index (χ1n) is 5.46. The Kier molecular flexibility index (Phi) is 5.29. The lowest BCUT2D eigenvalue weighted by Gasteiger charge is -2.14. The van der Waals surface area contributed by atoms with Crippen LogP contribution in [-0.2, 0) is 0 Å². The van der Waals surface area contributed by atoms with Crippen molar-refractivity contribution >= 4 is 41.4 Å². The number of amidine groups is 1. The van der Waals surface area contributed by atoms with Crippen molar-refractivity contribution < 1.29 is 5.11 Å². The topological polar surface area (TPSA) is 44.6 Å². The Balaban J connectivity index is 0.00000162. The molecule has 0 fully saturated rings. The molecule has 0 radical (unpaired) electrons. The fourth-order valence-electron chi connectivity index (χ4n) is 1.71. The molecule has 1 aromatic rings. The van der Waals surface area contributed by atoms with E-state index in [1.54, 1.807) is 18.2 Å². The molecule has 3 unspecified atom stereocenters. The fraction of sp³-hybridized carbons (Fsp3) is 0.417. The maximum absolute atomic E-state index is 10.2. The SMILES string of the molecule is CC1N=C(C(O)c2ccc(Cl)c(Cl)c2)NC1C.Cl. The van der Waals surface area contributed by atoms with E-state index in [0.717, 1.165) is 0 Å². The largest absolute Gasteiger partial charge is 0.380 e. The van der Waals surface area contributed by atoms with Gasteiger partial charge >= 0.3 is 0 Å². The maximum Gasteiger partial charge on any atom is 0.136 e. The van der Waals surface area contributed by atoms with E-state index >= 15 is 0 Å². The van der Waals surface area contributed by atoms with Crippen molar-refractivity contribution in [3.63, 3.8) is 0 Å². The molecular weight excluding hydrogens is 295 g/mol. The molecular formula is C12H15Cl3N2O. The Bertz CT molecular complexity index is 465. The highest BCUT2D eigenvalue weighted by atomic mass is 35.5. The van der Waals surface area contributed by atoms with Crippen LogP contribution < -0.4 is 5.32 Å². The van der Waals surface area contributed by atoms with Crippen LogP contribution in [0.1, 0.15) is 25.5 Å². The van der Waals surface area contributed by atoms with Gasteiger partial charge in [0.25, 0.3) is 0 Å². The summed E-state index contributed by atoms with van der Waals surface area (Å²) in [5, 5.41) is 14.2. The smallest absolute Gasteiger partial charge is 0.136 e. The lowest BCUT2D eigenvalue weighted by Crippen LogP contribution is -2.33. The summed E-state index contributed by atoms with van der Waals surface area (Å²) in [5.41, 5.74) is 0.687. The summed E-state index contributed by atoms with van der Waals surface area (Å²) in [4.78, 5) is 4.38. The molecule has 1 heterocycles. The van der Waals surface area contributed by atoms with E-state index in [9.17, 15) is 5.11 Å². The Hall–Kier alpha value is -0.480. The first-order chi connectivity index (χ1) is 7.99. The van der Waals surface area contributed by atoms with Crippen LogP contribution in [0.15, 0.2) is 23.2 Å². The Morgan fingerprint density at radius 1 is 1.28 bits per heavy atom. The molecule has 6 heteroatoms. The number of hydrogen-bond acceptors (Lipinski definition) is 3. The monoisotopic (exact) mass is 308 g/mol. The molecule has 0 spiro atoms. The van der Waals surface area contributed by atoms with Gasteiger partial charge < -0.3 is 10.4 Å². The number of aliphatic hydroxyl groups is 1. The first kappa shape index (κ1) is 15.6. The molecule has 0 aliphatic carbocycles. The fourth-order valence-corrected chi connectivity index (χ4v) is 2.02. The lowest BCUT2D eigenvalue weighted by molar-refractivity contribution is 0.243. The summed E-state index contributed by atoms with van der Waals surface area (Å²) in [6.45, 7) is 4.04. The summed E-state index contributed by atoms with van der Waals surface area (Å²) < 4.78 is 0. The molecule has 2 rings (SSSR count). The highest BCUT2D eigenvalue weighted by Gasteiger charge is 2.26. The standard InChI is InChI=1S/C12H14Cl2N2O.ClH/c1-6-7(2)16-12(15-6)11(17)8-3-4-9(13)10(14)5-8;/h3-7,11,17H,1-2H3,(H,15,16);1H. The van der Waals surface area contributed by atoms with Gasteiger partial charge in [-0.1, -0.05) is 29.3 Å². The van der Waals surface area contributed by atoms with Gasteiger partial charge in [0, 0.05) is 6.04 Å². The Morgan fingerprint density at radius 2 is 1.94 bits per heavy atom. The summed E-state index contributed by atoms with van der Waals surface area (Å²) >= 11 is 11.8. The number of aliphatic hydroxyl groups excluding tert-OH is 1. The predicted octanol–water partition coefficient (Wildman–Crippen LogP) is 3.23. The van der Waals surface area contributed by atoms with Crippen LogP contribution in [0, 0.1) is 0 Å². The molecule has 18 heavy (non-hydrogen) atoms. The van der Waals surface area contributed by atoms with E-state index in [-0.39, 0.29) is 24.5 Å². The van der Waals surface area contributed by atoms with E-state index in [1.807, 2.05) is 13.8 Å². The number of halogens is 3. The van der Waals surface area contributed by atoms with Gasteiger partial charge in [0.2, 0.25) is 0 Å². The molecule has 0 amide bonds. The Morgan fingerprint density at radius 3 is 2.44 bits per heavy atom. The van der Waals surface area contributed by atoms with Crippen LogP contribution in [0.2, 0.25) is 10.0 Å². The van der Waals surface area contributed by atoms with Crippen LogP contribution in [-0.4, -0.2) is 23.0 Å². The van der Waals surface area contributed by atoms with Crippen molar-refractivity contribution in [2.24, 2.45) is 4.99 Å². The molecule has 3 atom stereocenters. The van der Waals surface area contributed by atoms with Crippen LogP contribution >= 0.6 is 35.6 Å². The van der Waals surface area contributed by atoms with Gasteiger partial charge in [-0.25, -0.2) is 0 Å². The van der Waals surface area contributed by atoms with Crippen LogP contribution in [0.25, 0.3) is 0 Å². The predicted molar refractivity (Wildman–Crippen MR) is 78.2 cm³/mol. The van der Waals surface area contributed by atoms with Crippen molar-refractivity contribution in [3.8, 4) is 0 Å². The third kappa shape index (κ3) is 3.09.